The highest BCUT2D eigenvalue weighted by Crippen LogP contribution is 2.01. The zero-order chi connectivity index (χ0) is 14.1. The summed E-state index contributed by atoms with van der Waals surface area (Å²) in [5, 5.41) is 27.7. The average Bonchev–Trinajstić information content (AvgIpc) is 2.22. The standard InChI is InChI=1S/C10H15NO7/c12-7(2-1-3-8(13)14)11-6(10(17)18)4-5-9(15)16/h6H,1-5H2,(H,11,12)(H,13,14)(H,15,16)(H,17,18). The molecule has 4 N–H and O–H groups in total. The van der Waals surface area contributed by atoms with Crippen LogP contribution in [-0.2, 0) is 19.2 Å². The molecule has 0 aliphatic carbocycles. The van der Waals surface area contributed by atoms with E-state index in [-0.39, 0.29) is 32.1 Å². The lowest BCUT2D eigenvalue weighted by atomic mass is 10.1. The molecule has 1 amide bonds. The molecule has 0 aliphatic heterocycles. The maximum Gasteiger partial charge on any atom is 0.326 e. The number of nitrogens with one attached hydrogen (secondary N) is 1. The van der Waals surface area contributed by atoms with Crippen molar-refractivity contribution in [1.82, 2.24) is 5.32 Å². The first-order valence-corrected chi connectivity index (χ1v) is 5.28. The lowest BCUT2D eigenvalue weighted by Crippen LogP contribution is -2.41. The second-order valence-electron chi connectivity index (χ2n) is 3.64. The van der Waals surface area contributed by atoms with Crippen molar-refractivity contribution >= 4 is 23.8 Å². The molecule has 0 heterocycles. The predicted octanol–water partition coefficient (Wildman–Crippen LogP) is -0.324. The minimum Gasteiger partial charge on any atom is -0.481 e. The summed E-state index contributed by atoms with van der Waals surface area (Å²) in [5.74, 6) is -4.11. The summed E-state index contributed by atoms with van der Waals surface area (Å²) in [6.45, 7) is 0. The van der Waals surface area contributed by atoms with E-state index < -0.39 is 29.9 Å². The van der Waals surface area contributed by atoms with Gasteiger partial charge in [0.05, 0.1) is 0 Å². The predicted molar refractivity (Wildman–Crippen MR) is 57.9 cm³/mol. The quantitative estimate of drug-likeness (QED) is 0.445. The van der Waals surface area contributed by atoms with Gasteiger partial charge in [-0.1, -0.05) is 0 Å². The fourth-order valence-electron chi connectivity index (χ4n) is 1.19. The Morgan fingerprint density at radius 1 is 0.889 bits per heavy atom. The number of hydrogen-bond acceptors (Lipinski definition) is 4. The Morgan fingerprint density at radius 3 is 1.89 bits per heavy atom. The minimum absolute atomic E-state index is 0.104. The lowest BCUT2D eigenvalue weighted by molar-refractivity contribution is -0.143. The molecule has 1 atom stereocenters. The van der Waals surface area contributed by atoms with Crippen LogP contribution in [0.25, 0.3) is 0 Å². The molecule has 18 heavy (non-hydrogen) atoms. The Balaban J connectivity index is 4.07. The third-order valence-corrected chi connectivity index (χ3v) is 2.07. The molecule has 0 rings (SSSR count). The molecule has 0 saturated heterocycles. The average molecular weight is 261 g/mol. The second-order valence-corrected chi connectivity index (χ2v) is 3.64. The normalized spacial score (nSPS) is 11.6. The molecule has 0 bridgehead atoms. The van der Waals surface area contributed by atoms with Crippen molar-refractivity contribution in [2.45, 2.75) is 38.1 Å². The van der Waals surface area contributed by atoms with Crippen molar-refractivity contribution in [3.63, 3.8) is 0 Å². The molecule has 102 valence electrons. The molecule has 0 aromatic heterocycles. The number of aliphatic carboxylic acids is 3. The monoisotopic (exact) mass is 261 g/mol. The summed E-state index contributed by atoms with van der Waals surface area (Å²) in [6.07, 6.45) is -0.766. The number of carboxylic acid groups (broad SMARTS) is 3. The highest BCUT2D eigenvalue weighted by atomic mass is 16.4. The zero-order valence-electron chi connectivity index (χ0n) is 9.59. The van der Waals surface area contributed by atoms with Crippen LogP contribution >= 0.6 is 0 Å². The van der Waals surface area contributed by atoms with Crippen LogP contribution in [0.1, 0.15) is 32.1 Å². The summed E-state index contributed by atoms with van der Waals surface area (Å²) in [4.78, 5) is 42.5. The van der Waals surface area contributed by atoms with E-state index in [2.05, 4.69) is 5.32 Å². The number of rotatable bonds is 9. The van der Waals surface area contributed by atoms with Crippen molar-refractivity contribution in [1.29, 1.82) is 0 Å². The molecule has 0 aliphatic rings. The number of hydrogen-bond donors (Lipinski definition) is 4. The van der Waals surface area contributed by atoms with E-state index in [1.54, 1.807) is 0 Å². The topological polar surface area (TPSA) is 141 Å². The van der Waals surface area contributed by atoms with E-state index in [0.717, 1.165) is 0 Å². The summed E-state index contributed by atoms with van der Waals surface area (Å²) >= 11 is 0. The van der Waals surface area contributed by atoms with Crippen molar-refractivity contribution in [3.8, 4) is 0 Å². The van der Waals surface area contributed by atoms with Crippen LogP contribution < -0.4 is 5.32 Å². The number of carboxylic acids is 3. The van der Waals surface area contributed by atoms with Crippen LogP contribution in [0.5, 0.6) is 0 Å². The first-order chi connectivity index (χ1) is 8.32. The van der Waals surface area contributed by atoms with Crippen molar-refractivity contribution in [3.05, 3.63) is 0 Å². The van der Waals surface area contributed by atoms with E-state index >= 15 is 0 Å². The highest BCUT2D eigenvalue weighted by Gasteiger charge is 2.20. The summed E-state index contributed by atoms with van der Waals surface area (Å²) in [5.41, 5.74) is 0. The van der Waals surface area contributed by atoms with Gasteiger partial charge in [-0.2, -0.15) is 0 Å². The van der Waals surface area contributed by atoms with Gasteiger partial charge >= 0.3 is 17.9 Å². The summed E-state index contributed by atoms with van der Waals surface area (Å²) in [7, 11) is 0. The number of amides is 1. The first-order valence-electron chi connectivity index (χ1n) is 5.28. The lowest BCUT2D eigenvalue weighted by Gasteiger charge is -2.13. The molecule has 0 aromatic carbocycles. The summed E-state index contributed by atoms with van der Waals surface area (Å²) < 4.78 is 0. The van der Waals surface area contributed by atoms with Crippen molar-refractivity contribution in [2.75, 3.05) is 0 Å². The fraction of sp³-hybridized carbons (Fsp3) is 0.600. The Hall–Kier alpha value is -2.12. The fourth-order valence-corrected chi connectivity index (χ4v) is 1.19. The zero-order valence-corrected chi connectivity index (χ0v) is 9.59. The van der Waals surface area contributed by atoms with Gasteiger partial charge in [-0.25, -0.2) is 4.79 Å². The van der Waals surface area contributed by atoms with Crippen LogP contribution in [0.2, 0.25) is 0 Å². The van der Waals surface area contributed by atoms with Gasteiger partial charge in [0.15, 0.2) is 0 Å². The van der Waals surface area contributed by atoms with Crippen LogP contribution in [0.15, 0.2) is 0 Å². The Bertz CT molecular complexity index is 339. The highest BCUT2D eigenvalue weighted by molar-refractivity contribution is 5.84. The molecule has 0 spiro atoms. The van der Waals surface area contributed by atoms with Gasteiger partial charge in [-0.15, -0.1) is 0 Å². The molecular weight excluding hydrogens is 246 g/mol. The van der Waals surface area contributed by atoms with Gasteiger partial charge in [0.1, 0.15) is 6.04 Å². The number of carbonyl (C=O) groups is 4. The van der Waals surface area contributed by atoms with Crippen LogP contribution in [0, 0.1) is 0 Å². The maximum atomic E-state index is 11.3. The Morgan fingerprint density at radius 2 is 1.44 bits per heavy atom. The minimum atomic E-state index is -1.32. The molecule has 8 heteroatoms. The van der Waals surface area contributed by atoms with Crippen molar-refractivity contribution < 1.29 is 34.5 Å². The molecule has 8 nitrogen and oxygen atoms in total. The molecule has 0 saturated carbocycles. The summed E-state index contributed by atoms with van der Waals surface area (Å²) in [6, 6.07) is -1.27. The van der Waals surface area contributed by atoms with Gasteiger partial charge in [0.2, 0.25) is 5.91 Å². The molecule has 0 fully saturated rings. The van der Waals surface area contributed by atoms with Gasteiger partial charge < -0.3 is 20.6 Å². The molecule has 0 aromatic rings. The van der Waals surface area contributed by atoms with Crippen LogP contribution in [0.3, 0.4) is 0 Å². The molecule has 0 radical (unpaired) electrons. The second kappa shape index (κ2) is 8.04. The van der Waals surface area contributed by atoms with Gasteiger partial charge in [-0.05, 0) is 12.8 Å². The maximum absolute atomic E-state index is 11.3. The van der Waals surface area contributed by atoms with Crippen molar-refractivity contribution in [2.24, 2.45) is 0 Å². The van der Waals surface area contributed by atoms with E-state index in [1.807, 2.05) is 0 Å². The van der Waals surface area contributed by atoms with E-state index in [1.165, 1.54) is 0 Å². The smallest absolute Gasteiger partial charge is 0.326 e. The van der Waals surface area contributed by atoms with Crippen LogP contribution in [-0.4, -0.2) is 45.2 Å². The third kappa shape index (κ3) is 8.08. The van der Waals surface area contributed by atoms with Crippen LogP contribution in [0.4, 0.5) is 0 Å². The van der Waals surface area contributed by atoms with Gasteiger partial charge in [-0.3, -0.25) is 14.4 Å². The number of carbonyl (C=O) groups excluding carboxylic acids is 1. The molecular formula is C10H15NO7. The van der Waals surface area contributed by atoms with E-state index in [0.29, 0.717) is 0 Å². The largest absolute Gasteiger partial charge is 0.481 e. The molecule has 1 unspecified atom stereocenters. The first kappa shape index (κ1) is 15.9. The van der Waals surface area contributed by atoms with E-state index in [9.17, 15) is 19.2 Å². The Kier molecular flexibility index (Phi) is 7.10. The van der Waals surface area contributed by atoms with Gasteiger partial charge in [0.25, 0.3) is 0 Å². The van der Waals surface area contributed by atoms with Gasteiger partial charge in [0, 0.05) is 19.3 Å². The third-order valence-electron chi connectivity index (χ3n) is 2.07. The Labute approximate surface area is 103 Å². The SMILES string of the molecule is O=C(O)CCCC(=O)NC(CCC(=O)O)C(=O)O. The van der Waals surface area contributed by atoms with E-state index in [4.69, 9.17) is 15.3 Å².